The van der Waals surface area contributed by atoms with Crippen LogP contribution in [0.3, 0.4) is 0 Å². The Bertz CT molecular complexity index is 516. The molecule has 7 nitrogen and oxygen atoms in total. The van der Waals surface area contributed by atoms with Gasteiger partial charge in [-0.2, -0.15) is 5.10 Å². The summed E-state index contributed by atoms with van der Waals surface area (Å²) in [5, 5.41) is 7.05. The van der Waals surface area contributed by atoms with Gasteiger partial charge in [0.1, 0.15) is 11.6 Å². The van der Waals surface area contributed by atoms with Crippen molar-refractivity contribution in [1.82, 2.24) is 30.0 Å². The van der Waals surface area contributed by atoms with Crippen LogP contribution in [0.25, 0.3) is 0 Å². The highest BCUT2D eigenvalue weighted by Crippen LogP contribution is 2.12. The molecule has 0 radical (unpaired) electrons. The number of piperazine rings is 1. The number of anilines is 1. The molecular weight excluding hydrogens is 242 g/mol. The lowest BCUT2D eigenvalue weighted by Gasteiger charge is -2.34. The van der Waals surface area contributed by atoms with Crippen LogP contribution in [0.4, 0.5) is 5.82 Å². The highest BCUT2D eigenvalue weighted by molar-refractivity contribution is 5.35. The molecule has 0 amide bonds. The zero-order valence-corrected chi connectivity index (χ0v) is 11.0. The van der Waals surface area contributed by atoms with Gasteiger partial charge in [-0.25, -0.2) is 9.97 Å². The van der Waals surface area contributed by atoms with Gasteiger partial charge in [0.15, 0.2) is 5.82 Å². The highest BCUT2D eigenvalue weighted by atomic mass is 15.3. The van der Waals surface area contributed by atoms with E-state index in [1.807, 2.05) is 13.1 Å². The molecule has 1 aliphatic rings. The topological polar surface area (TPSA) is 73.8 Å². The third-order valence-electron chi connectivity index (χ3n) is 3.25. The number of aromatic amines is 1. The number of hydrogen-bond acceptors (Lipinski definition) is 6. The third-order valence-corrected chi connectivity index (χ3v) is 3.25. The van der Waals surface area contributed by atoms with E-state index < -0.39 is 0 Å². The van der Waals surface area contributed by atoms with E-state index >= 15 is 0 Å². The molecule has 3 heterocycles. The van der Waals surface area contributed by atoms with Crippen LogP contribution in [0.2, 0.25) is 0 Å². The summed E-state index contributed by atoms with van der Waals surface area (Å²) < 4.78 is 0. The molecule has 1 saturated heterocycles. The van der Waals surface area contributed by atoms with E-state index in [4.69, 9.17) is 0 Å². The molecular formula is C12H17N7. The lowest BCUT2D eigenvalue weighted by atomic mass is 10.3. The second-order valence-corrected chi connectivity index (χ2v) is 4.66. The number of aromatic nitrogens is 5. The molecule has 1 aliphatic heterocycles. The van der Waals surface area contributed by atoms with Gasteiger partial charge in [0, 0.05) is 38.6 Å². The van der Waals surface area contributed by atoms with Gasteiger partial charge in [-0.3, -0.25) is 15.0 Å². The van der Waals surface area contributed by atoms with Crippen molar-refractivity contribution >= 4 is 5.82 Å². The van der Waals surface area contributed by atoms with E-state index in [1.54, 1.807) is 12.4 Å². The van der Waals surface area contributed by atoms with Crippen molar-refractivity contribution in [3.8, 4) is 0 Å². The van der Waals surface area contributed by atoms with Gasteiger partial charge in [0.2, 0.25) is 0 Å². The average Bonchev–Trinajstić information content (AvgIpc) is 2.86. The molecule has 1 N–H and O–H groups in total. The number of rotatable bonds is 3. The maximum atomic E-state index is 4.34. The first-order chi connectivity index (χ1) is 9.31. The summed E-state index contributed by atoms with van der Waals surface area (Å²) in [5.41, 5.74) is 0. The summed E-state index contributed by atoms with van der Waals surface area (Å²) in [5.74, 6) is 2.69. The van der Waals surface area contributed by atoms with Crippen molar-refractivity contribution in [2.75, 3.05) is 31.1 Å². The minimum Gasteiger partial charge on any atom is -0.353 e. The summed E-state index contributed by atoms with van der Waals surface area (Å²) in [6.07, 6.45) is 5.25. The molecule has 2 aromatic heterocycles. The van der Waals surface area contributed by atoms with Crippen molar-refractivity contribution in [3.05, 3.63) is 30.2 Å². The van der Waals surface area contributed by atoms with E-state index in [9.17, 15) is 0 Å². The Balaban J connectivity index is 1.55. The first-order valence-corrected chi connectivity index (χ1v) is 6.42. The molecule has 0 atom stereocenters. The quantitative estimate of drug-likeness (QED) is 0.850. The fraction of sp³-hybridized carbons (Fsp3) is 0.500. The molecule has 0 unspecified atom stereocenters. The standard InChI is InChI=1S/C12H17N7/c1-10-15-11(17-16-10)9-18-4-6-19(7-5-18)12-8-13-2-3-14-12/h2-3,8H,4-7,9H2,1H3,(H,15,16,17). The molecule has 0 bridgehead atoms. The summed E-state index contributed by atoms with van der Waals surface area (Å²) in [7, 11) is 0. The monoisotopic (exact) mass is 259 g/mol. The molecule has 0 saturated carbocycles. The van der Waals surface area contributed by atoms with Crippen LogP contribution in [0, 0.1) is 6.92 Å². The molecule has 0 spiro atoms. The van der Waals surface area contributed by atoms with Crippen LogP contribution < -0.4 is 4.90 Å². The normalized spacial score (nSPS) is 16.8. The second kappa shape index (κ2) is 5.31. The van der Waals surface area contributed by atoms with E-state index in [2.05, 4.69) is 34.9 Å². The van der Waals surface area contributed by atoms with Crippen LogP contribution in [-0.2, 0) is 6.54 Å². The zero-order valence-electron chi connectivity index (χ0n) is 11.0. The molecule has 0 aromatic carbocycles. The molecule has 19 heavy (non-hydrogen) atoms. The smallest absolute Gasteiger partial charge is 0.164 e. The van der Waals surface area contributed by atoms with Gasteiger partial charge in [0.25, 0.3) is 0 Å². The first kappa shape index (κ1) is 12.0. The average molecular weight is 259 g/mol. The van der Waals surface area contributed by atoms with Crippen molar-refractivity contribution in [2.45, 2.75) is 13.5 Å². The van der Waals surface area contributed by atoms with Gasteiger partial charge < -0.3 is 4.90 Å². The lowest BCUT2D eigenvalue weighted by Crippen LogP contribution is -2.46. The summed E-state index contributed by atoms with van der Waals surface area (Å²) in [6, 6.07) is 0. The number of hydrogen-bond donors (Lipinski definition) is 1. The number of H-pyrrole nitrogens is 1. The SMILES string of the molecule is Cc1nc(CN2CCN(c3cnccn3)CC2)n[nH]1. The Morgan fingerprint density at radius 2 is 2.05 bits per heavy atom. The summed E-state index contributed by atoms with van der Waals surface area (Å²) >= 11 is 0. The number of nitrogens with zero attached hydrogens (tertiary/aromatic N) is 6. The Morgan fingerprint density at radius 1 is 1.21 bits per heavy atom. The Kier molecular flexibility index (Phi) is 3.37. The zero-order chi connectivity index (χ0) is 13.1. The molecule has 1 fully saturated rings. The maximum absolute atomic E-state index is 4.34. The molecule has 3 rings (SSSR count). The lowest BCUT2D eigenvalue weighted by molar-refractivity contribution is 0.243. The van der Waals surface area contributed by atoms with Gasteiger partial charge in [-0.15, -0.1) is 0 Å². The molecule has 2 aromatic rings. The van der Waals surface area contributed by atoms with Gasteiger partial charge in [-0.1, -0.05) is 0 Å². The van der Waals surface area contributed by atoms with Crippen LogP contribution in [0.5, 0.6) is 0 Å². The van der Waals surface area contributed by atoms with Crippen molar-refractivity contribution in [1.29, 1.82) is 0 Å². The number of aryl methyl sites for hydroxylation is 1. The van der Waals surface area contributed by atoms with Gasteiger partial charge >= 0.3 is 0 Å². The Morgan fingerprint density at radius 3 is 2.68 bits per heavy atom. The van der Waals surface area contributed by atoms with Crippen molar-refractivity contribution in [3.63, 3.8) is 0 Å². The van der Waals surface area contributed by atoms with E-state index in [0.29, 0.717) is 0 Å². The Hall–Kier alpha value is -2.02. The van der Waals surface area contributed by atoms with Crippen molar-refractivity contribution in [2.24, 2.45) is 0 Å². The Labute approximate surface area is 111 Å². The molecule has 7 heteroatoms. The van der Waals surface area contributed by atoms with Crippen LogP contribution in [0.1, 0.15) is 11.6 Å². The second-order valence-electron chi connectivity index (χ2n) is 4.66. The predicted molar refractivity (Wildman–Crippen MR) is 70.6 cm³/mol. The number of nitrogens with one attached hydrogen (secondary N) is 1. The third kappa shape index (κ3) is 2.87. The summed E-state index contributed by atoms with van der Waals surface area (Å²) in [4.78, 5) is 17.4. The molecule has 0 aliphatic carbocycles. The van der Waals surface area contributed by atoms with Crippen LogP contribution in [0.15, 0.2) is 18.6 Å². The molecule has 100 valence electrons. The van der Waals surface area contributed by atoms with Gasteiger partial charge in [-0.05, 0) is 6.92 Å². The first-order valence-electron chi connectivity index (χ1n) is 6.42. The van der Waals surface area contributed by atoms with E-state index in [-0.39, 0.29) is 0 Å². The largest absolute Gasteiger partial charge is 0.353 e. The minimum absolute atomic E-state index is 0.804. The summed E-state index contributed by atoms with van der Waals surface area (Å²) in [6.45, 7) is 6.62. The van der Waals surface area contributed by atoms with E-state index in [0.717, 1.165) is 50.2 Å². The maximum Gasteiger partial charge on any atom is 0.164 e. The van der Waals surface area contributed by atoms with Crippen molar-refractivity contribution < 1.29 is 0 Å². The minimum atomic E-state index is 0.804. The van der Waals surface area contributed by atoms with Crippen LogP contribution in [-0.4, -0.2) is 56.2 Å². The van der Waals surface area contributed by atoms with Gasteiger partial charge in [0.05, 0.1) is 12.7 Å². The van der Waals surface area contributed by atoms with Crippen LogP contribution >= 0.6 is 0 Å². The fourth-order valence-corrected chi connectivity index (χ4v) is 2.25. The van der Waals surface area contributed by atoms with E-state index in [1.165, 1.54) is 0 Å². The predicted octanol–water partition coefficient (Wildman–Crippen LogP) is 0.225. The highest BCUT2D eigenvalue weighted by Gasteiger charge is 2.19. The fourth-order valence-electron chi connectivity index (χ4n) is 2.25.